The molecule has 1 aromatic carbocycles. The maximum absolute atomic E-state index is 14.1. The molecule has 0 spiro atoms. The number of amides is 1. The van der Waals surface area contributed by atoms with Crippen molar-refractivity contribution in [3.63, 3.8) is 0 Å². The number of aromatic nitrogens is 2. The van der Waals surface area contributed by atoms with Gasteiger partial charge >= 0.3 is 0 Å². The van der Waals surface area contributed by atoms with Crippen molar-refractivity contribution in [2.75, 3.05) is 17.2 Å². The quantitative estimate of drug-likeness (QED) is 0.378. The van der Waals surface area contributed by atoms with E-state index in [9.17, 15) is 14.3 Å². The Balaban J connectivity index is 1.54. The molecule has 9 heteroatoms. The lowest BCUT2D eigenvalue weighted by Crippen LogP contribution is -2.42. The Kier molecular flexibility index (Phi) is 6.30. The van der Waals surface area contributed by atoms with Crippen LogP contribution in [0.25, 0.3) is 10.2 Å². The summed E-state index contributed by atoms with van der Waals surface area (Å²) >= 11 is 1.56. The second-order valence-electron chi connectivity index (χ2n) is 8.88. The number of nitrogens with one attached hydrogen (secondary N) is 3. The van der Waals surface area contributed by atoms with E-state index in [1.54, 1.807) is 22.9 Å². The average molecular weight is 458 g/mol. The topological polar surface area (TPSA) is 99.2 Å². The van der Waals surface area contributed by atoms with Gasteiger partial charge in [0.05, 0.1) is 39.1 Å². The lowest BCUT2D eigenvalue weighted by atomic mass is 10.0. The number of carbonyl (C=O) groups excluding carboxylic acids is 1. The molecule has 1 saturated carbocycles. The van der Waals surface area contributed by atoms with Crippen molar-refractivity contribution in [3.8, 4) is 0 Å². The predicted molar refractivity (Wildman–Crippen MR) is 126 cm³/mol. The molecule has 3 aromatic rings. The molecule has 0 aliphatic heterocycles. The third kappa shape index (κ3) is 5.34. The van der Waals surface area contributed by atoms with Crippen molar-refractivity contribution in [1.29, 1.82) is 0 Å². The molecule has 0 radical (unpaired) electrons. The first-order chi connectivity index (χ1) is 15.2. The maximum atomic E-state index is 14.1. The summed E-state index contributed by atoms with van der Waals surface area (Å²) in [6.45, 7) is 4.56. The first kappa shape index (κ1) is 22.4. The van der Waals surface area contributed by atoms with Gasteiger partial charge in [0.15, 0.2) is 0 Å². The van der Waals surface area contributed by atoms with Crippen molar-refractivity contribution < 1.29 is 14.3 Å². The molecule has 2 heterocycles. The number of fused-ring (bicyclic) bond motifs is 1. The second-order valence-corrected chi connectivity index (χ2v) is 9.76. The number of alkyl halides is 1. The van der Waals surface area contributed by atoms with Crippen molar-refractivity contribution in [3.05, 3.63) is 41.5 Å². The summed E-state index contributed by atoms with van der Waals surface area (Å²) in [6, 6.07) is 7.89. The first-order valence-corrected chi connectivity index (χ1v) is 11.6. The Labute approximate surface area is 190 Å². The van der Waals surface area contributed by atoms with E-state index in [2.05, 4.69) is 32.8 Å². The lowest BCUT2D eigenvalue weighted by molar-refractivity contribution is -0.00177. The molecule has 0 saturated heterocycles. The van der Waals surface area contributed by atoms with Crippen LogP contribution in [0, 0.1) is 5.92 Å². The molecule has 1 aliphatic rings. The fourth-order valence-corrected chi connectivity index (χ4v) is 4.11. The third-order valence-corrected chi connectivity index (χ3v) is 6.46. The predicted octanol–water partition coefficient (Wildman–Crippen LogP) is 4.48. The van der Waals surface area contributed by atoms with Gasteiger partial charge in [0, 0.05) is 24.0 Å². The highest BCUT2D eigenvalue weighted by molar-refractivity contribution is 7.16. The number of anilines is 3. The van der Waals surface area contributed by atoms with Crippen LogP contribution in [0.4, 0.5) is 21.6 Å². The van der Waals surface area contributed by atoms with Crippen molar-refractivity contribution in [1.82, 2.24) is 15.3 Å². The smallest absolute Gasteiger partial charge is 0.255 e. The summed E-state index contributed by atoms with van der Waals surface area (Å²) in [5.41, 5.74) is 3.07. The molecule has 4 N–H and O–H groups in total. The van der Waals surface area contributed by atoms with E-state index in [1.807, 2.05) is 18.2 Å². The van der Waals surface area contributed by atoms with Gasteiger partial charge in [-0.3, -0.25) is 4.79 Å². The van der Waals surface area contributed by atoms with Crippen molar-refractivity contribution in [2.24, 2.45) is 5.92 Å². The van der Waals surface area contributed by atoms with Crippen LogP contribution in [0.5, 0.6) is 0 Å². The van der Waals surface area contributed by atoms with Gasteiger partial charge in [0.2, 0.25) is 0 Å². The maximum Gasteiger partial charge on any atom is 0.255 e. The number of hydrogen-bond donors (Lipinski definition) is 4. The van der Waals surface area contributed by atoms with E-state index >= 15 is 0 Å². The van der Waals surface area contributed by atoms with E-state index in [1.165, 1.54) is 20.0 Å². The van der Waals surface area contributed by atoms with E-state index in [4.69, 9.17) is 0 Å². The van der Waals surface area contributed by atoms with Crippen LogP contribution < -0.4 is 16.0 Å². The zero-order chi connectivity index (χ0) is 22.9. The molecule has 1 amide bonds. The summed E-state index contributed by atoms with van der Waals surface area (Å²) in [4.78, 5) is 21.5. The van der Waals surface area contributed by atoms with Crippen molar-refractivity contribution in [2.45, 2.75) is 51.4 Å². The first-order valence-electron chi connectivity index (χ1n) is 10.7. The van der Waals surface area contributed by atoms with E-state index in [-0.39, 0.29) is 12.6 Å². The summed E-state index contributed by atoms with van der Waals surface area (Å²) in [6.07, 6.45) is 2.23. The van der Waals surface area contributed by atoms with Crippen LogP contribution in [0.2, 0.25) is 0 Å². The molecule has 4 rings (SSSR count). The number of benzene rings is 1. The monoisotopic (exact) mass is 457 g/mol. The van der Waals surface area contributed by atoms with E-state index in [0.29, 0.717) is 23.0 Å². The van der Waals surface area contributed by atoms with E-state index < -0.39 is 17.7 Å². The second kappa shape index (κ2) is 8.99. The molecule has 170 valence electrons. The summed E-state index contributed by atoms with van der Waals surface area (Å²) in [5, 5.41) is 19.1. The molecule has 7 nitrogen and oxygen atoms in total. The number of carbonyl (C=O) groups is 1. The van der Waals surface area contributed by atoms with Crippen LogP contribution in [-0.2, 0) is 0 Å². The number of hydrogen-bond acceptors (Lipinski definition) is 7. The average Bonchev–Trinajstić information content (AvgIpc) is 3.49. The van der Waals surface area contributed by atoms with Crippen LogP contribution in [0.15, 0.2) is 36.0 Å². The third-order valence-electron chi connectivity index (χ3n) is 5.67. The SMILES string of the molecule is CC(Nc1cc(Nc2ccc3ncsc3c2)ncc1C(=O)NCC(F)C(C)(C)O)C1CC1. The fraction of sp³-hybridized carbons (Fsp3) is 0.435. The number of rotatable bonds is 9. The van der Waals surface area contributed by atoms with Crippen LogP contribution in [0.3, 0.4) is 0 Å². The highest BCUT2D eigenvalue weighted by Gasteiger charge is 2.30. The Morgan fingerprint density at radius 1 is 1.31 bits per heavy atom. The largest absolute Gasteiger partial charge is 0.387 e. The minimum atomic E-state index is -1.58. The Hall–Kier alpha value is -2.78. The number of thiazole rings is 1. The van der Waals surface area contributed by atoms with Crippen LogP contribution >= 0.6 is 11.3 Å². The lowest BCUT2D eigenvalue weighted by Gasteiger charge is -2.23. The standard InChI is InChI=1S/C23H28FN5O2S/c1-13(14-4-5-14)28-18-9-21(29-15-6-7-17-19(8-15)32-12-27-17)25-10-16(18)22(30)26-11-20(24)23(2,3)31/h6-10,12-14,20,31H,4-5,11H2,1-3H3,(H,26,30)(H2,25,28,29). The number of nitrogens with zero attached hydrogens (tertiary/aromatic N) is 2. The molecule has 1 aliphatic carbocycles. The zero-order valence-electron chi connectivity index (χ0n) is 18.4. The van der Waals surface area contributed by atoms with Gasteiger partial charge < -0.3 is 21.1 Å². The highest BCUT2D eigenvalue weighted by Crippen LogP contribution is 2.35. The Morgan fingerprint density at radius 2 is 2.09 bits per heavy atom. The zero-order valence-corrected chi connectivity index (χ0v) is 19.2. The Morgan fingerprint density at radius 3 is 2.81 bits per heavy atom. The molecular weight excluding hydrogens is 429 g/mol. The summed E-state index contributed by atoms with van der Waals surface area (Å²) in [5.74, 6) is 0.734. The number of aliphatic hydroxyl groups is 1. The molecule has 2 atom stereocenters. The minimum absolute atomic E-state index is 0.204. The van der Waals surface area contributed by atoms with Gasteiger partial charge in [-0.2, -0.15) is 0 Å². The van der Waals surface area contributed by atoms with Gasteiger partial charge in [-0.05, 0) is 57.7 Å². The molecule has 32 heavy (non-hydrogen) atoms. The number of pyridine rings is 1. The molecule has 2 aromatic heterocycles. The van der Waals surface area contributed by atoms with Gasteiger partial charge in [0.1, 0.15) is 12.0 Å². The summed E-state index contributed by atoms with van der Waals surface area (Å²) in [7, 11) is 0. The normalized spacial score (nSPS) is 15.9. The van der Waals surface area contributed by atoms with Crippen molar-refractivity contribution >= 4 is 44.7 Å². The van der Waals surface area contributed by atoms with Gasteiger partial charge in [-0.25, -0.2) is 14.4 Å². The molecule has 1 fully saturated rings. The highest BCUT2D eigenvalue weighted by atomic mass is 32.1. The fourth-order valence-electron chi connectivity index (χ4n) is 3.39. The molecule has 0 bridgehead atoms. The minimum Gasteiger partial charge on any atom is -0.387 e. The molecule has 2 unspecified atom stereocenters. The number of halogens is 1. The van der Waals surface area contributed by atoms with Crippen LogP contribution in [-0.4, -0.2) is 45.3 Å². The van der Waals surface area contributed by atoms with Crippen LogP contribution in [0.1, 0.15) is 44.0 Å². The Bertz CT molecular complexity index is 1110. The van der Waals surface area contributed by atoms with Gasteiger partial charge in [-0.15, -0.1) is 11.3 Å². The summed E-state index contributed by atoms with van der Waals surface area (Å²) < 4.78 is 15.2. The molecular formula is C23H28FN5O2S. The van der Waals surface area contributed by atoms with E-state index in [0.717, 1.165) is 28.7 Å². The van der Waals surface area contributed by atoms with Gasteiger partial charge in [0.25, 0.3) is 5.91 Å². The van der Waals surface area contributed by atoms with Gasteiger partial charge in [-0.1, -0.05) is 0 Å².